The predicted octanol–water partition coefficient (Wildman–Crippen LogP) is 7.23. The van der Waals surface area contributed by atoms with Crippen LogP contribution >= 0.6 is 0 Å². The molecular formula is C47H54N6O7. The zero-order valence-electron chi connectivity index (χ0n) is 35.2. The minimum atomic E-state index is -0.919. The summed E-state index contributed by atoms with van der Waals surface area (Å²) in [6.45, 7) is 10.2. The smallest absolute Gasteiger partial charge is 0.410 e. The van der Waals surface area contributed by atoms with Crippen molar-refractivity contribution >= 4 is 41.4 Å². The van der Waals surface area contributed by atoms with Crippen LogP contribution in [0.15, 0.2) is 91.1 Å². The van der Waals surface area contributed by atoms with Gasteiger partial charge in [0.05, 0.1) is 5.41 Å². The molecule has 1 spiro atoms. The third-order valence-electron chi connectivity index (χ3n) is 12.0. The zero-order valence-corrected chi connectivity index (χ0v) is 35.2. The van der Waals surface area contributed by atoms with Crippen LogP contribution in [-0.4, -0.2) is 81.4 Å². The summed E-state index contributed by atoms with van der Waals surface area (Å²) in [6, 6.07) is 25.6. The maximum atomic E-state index is 14.9. The highest BCUT2D eigenvalue weighted by atomic mass is 16.6. The molecule has 1 saturated heterocycles. The Kier molecular flexibility index (Phi) is 11.7. The van der Waals surface area contributed by atoms with Crippen molar-refractivity contribution in [3.63, 3.8) is 0 Å². The number of nitrogens with one attached hydrogen (secondary N) is 2. The first-order valence-electron chi connectivity index (χ1n) is 20.5. The third-order valence-corrected chi connectivity index (χ3v) is 12.0. The zero-order chi connectivity index (χ0) is 42.8. The van der Waals surface area contributed by atoms with E-state index in [0.29, 0.717) is 50.3 Å². The standard InChI is InChI=1S/C47H54N6O7/c1-31(40(54)49-37-19-18-33-26-47(27-36(33)25-37)38-17-12-22-48-39(38)50-41(47)55)53(29-35-16-11-10-15-34(35)28-51(6)43(57)60-45(2,3)4)42(56)46(5)20-23-52(24-21-46)44(58)59-30-32-13-8-7-9-14-32/h7-19,22,25,31H,20-21,23-24,26-30H2,1-6H3,(H,49,54)(H,48,50,55)/t31-,47-/m1/s1. The summed E-state index contributed by atoms with van der Waals surface area (Å²) in [5, 5.41) is 6.01. The minimum Gasteiger partial charge on any atom is -0.445 e. The number of pyridine rings is 1. The minimum absolute atomic E-state index is 0.0817. The number of aromatic nitrogens is 1. The van der Waals surface area contributed by atoms with Gasteiger partial charge in [0, 0.05) is 56.1 Å². The molecule has 1 aromatic heterocycles. The van der Waals surface area contributed by atoms with Crippen LogP contribution in [0.2, 0.25) is 0 Å². The average Bonchev–Trinajstić information content (AvgIpc) is 3.74. The van der Waals surface area contributed by atoms with Gasteiger partial charge in [0.1, 0.15) is 24.1 Å². The molecule has 13 heteroatoms. The van der Waals surface area contributed by atoms with Gasteiger partial charge < -0.3 is 34.8 Å². The van der Waals surface area contributed by atoms with E-state index in [0.717, 1.165) is 33.4 Å². The maximum Gasteiger partial charge on any atom is 0.410 e. The van der Waals surface area contributed by atoms with Gasteiger partial charge in [-0.2, -0.15) is 0 Å². The maximum absolute atomic E-state index is 14.9. The van der Waals surface area contributed by atoms with Crippen molar-refractivity contribution in [1.29, 1.82) is 0 Å². The Morgan fingerprint density at radius 2 is 1.57 bits per heavy atom. The second-order valence-corrected chi connectivity index (χ2v) is 17.6. The molecule has 7 rings (SSSR count). The molecule has 2 atom stereocenters. The first-order chi connectivity index (χ1) is 28.5. The molecule has 13 nitrogen and oxygen atoms in total. The third kappa shape index (κ3) is 8.85. The lowest BCUT2D eigenvalue weighted by molar-refractivity contribution is -0.149. The van der Waals surface area contributed by atoms with Gasteiger partial charge >= 0.3 is 12.2 Å². The van der Waals surface area contributed by atoms with Crippen molar-refractivity contribution in [1.82, 2.24) is 19.7 Å². The molecule has 0 unspecified atom stereocenters. The molecule has 3 aliphatic rings. The number of hydrogen-bond donors (Lipinski definition) is 2. The van der Waals surface area contributed by atoms with Crippen LogP contribution in [0.4, 0.5) is 21.1 Å². The summed E-state index contributed by atoms with van der Waals surface area (Å²) in [6.07, 6.45) is 2.50. The lowest BCUT2D eigenvalue weighted by Gasteiger charge is -2.42. The monoisotopic (exact) mass is 814 g/mol. The number of rotatable bonds is 10. The molecule has 1 fully saturated rings. The average molecular weight is 815 g/mol. The van der Waals surface area contributed by atoms with E-state index in [1.54, 1.807) is 30.0 Å². The number of piperidine rings is 1. The highest BCUT2D eigenvalue weighted by molar-refractivity contribution is 6.06. The molecule has 2 N–H and O–H groups in total. The van der Waals surface area contributed by atoms with Gasteiger partial charge in [-0.25, -0.2) is 14.6 Å². The summed E-state index contributed by atoms with van der Waals surface area (Å²) >= 11 is 0. The van der Waals surface area contributed by atoms with Crippen molar-refractivity contribution in [3.05, 3.63) is 125 Å². The van der Waals surface area contributed by atoms with Gasteiger partial charge in [-0.15, -0.1) is 0 Å². The Morgan fingerprint density at radius 1 is 0.900 bits per heavy atom. The first-order valence-corrected chi connectivity index (χ1v) is 20.5. The second kappa shape index (κ2) is 16.8. The predicted molar refractivity (Wildman–Crippen MR) is 227 cm³/mol. The van der Waals surface area contributed by atoms with Gasteiger partial charge in [0.25, 0.3) is 0 Å². The van der Waals surface area contributed by atoms with Crippen molar-refractivity contribution < 1.29 is 33.4 Å². The molecule has 0 saturated carbocycles. The number of benzene rings is 3. The van der Waals surface area contributed by atoms with E-state index in [-0.39, 0.29) is 37.4 Å². The number of carbonyl (C=O) groups excluding carboxylic acids is 5. The van der Waals surface area contributed by atoms with E-state index in [1.807, 2.05) is 113 Å². The lowest BCUT2D eigenvalue weighted by atomic mass is 9.78. The Bertz CT molecular complexity index is 2280. The Hall–Kier alpha value is -6.24. The van der Waals surface area contributed by atoms with Crippen LogP contribution in [0.25, 0.3) is 0 Å². The number of hydrogen-bond acceptors (Lipinski definition) is 8. The Balaban J connectivity index is 1.10. The summed E-state index contributed by atoms with van der Waals surface area (Å²) in [4.78, 5) is 77.6. The van der Waals surface area contributed by atoms with Gasteiger partial charge in [-0.05, 0) is 99.4 Å². The SMILES string of the molecule is C[C@H](C(=O)Nc1ccc2c(c1)C[C@@]1(C2)C(=O)Nc2ncccc21)N(Cc1ccccc1CN(C)C(=O)OC(C)(C)C)C(=O)C1(C)CCN(C(=O)OCc2ccccc2)CC1. The van der Waals surface area contributed by atoms with Crippen LogP contribution in [0.5, 0.6) is 0 Å². The number of fused-ring (bicyclic) bond motifs is 3. The van der Waals surface area contributed by atoms with E-state index < -0.39 is 34.7 Å². The van der Waals surface area contributed by atoms with Crippen molar-refractivity contribution in [2.45, 2.75) is 97.1 Å². The van der Waals surface area contributed by atoms with Crippen LogP contribution in [0, 0.1) is 5.41 Å². The largest absolute Gasteiger partial charge is 0.445 e. The lowest BCUT2D eigenvalue weighted by Crippen LogP contribution is -2.54. The molecule has 314 valence electrons. The molecule has 0 bridgehead atoms. The number of carbonyl (C=O) groups is 5. The fraction of sp³-hybridized carbons (Fsp3) is 0.404. The molecule has 60 heavy (non-hydrogen) atoms. The molecule has 3 heterocycles. The van der Waals surface area contributed by atoms with Gasteiger partial charge in [0.15, 0.2) is 0 Å². The molecule has 2 aliphatic heterocycles. The number of anilines is 2. The quantitative estimate of drug-likeness (QED) is 0.170. The summed E-state index contributed by atoms with van der Waals surface area (Å²) < 4.78 is 11.2. The van der Waals surface area contributed by atoms with Crippen LogP contribution in [0.3, 0.4) is 0 Å². The van der Waals surface area contributed by atoms with E-state index in [1.165, 1.54) is 4.90 Å². The summed E-state index contributed by atoms with van der Waals surface area (Å²) in [7, 11) is 1.66. The highest BCUT2D eigenvalue weighted by Gasteiger charge is 2.51. The van der Waals surface area contributed by atoms with E-state index in [4.69, 9.17) is 9.47 Å². The summed E-state index contributed by atoms with van der Waals surface area (Å²) in [5.74, 6) is -0.0872. The van der Waals surface area contributed by atoms with Gasteiger partial charge in [0.2, 0.25) is 17.7 Å². The fourth-order valence-corrected chi connectivity index (χ4v) is 8.38. The molecule has 0 radical (unpaired) electrons. The fourth-order valence-electron chi connectivity index (χ4n) is 8.38. The number of ether oxygens (including phenoxy) is 2. The Morgan fingerprint density at radius 3 is 2.27 bits per heavy atom. The molecular weight excluding hydrogens is 761 g/mol. The van der Waals surface area contributed by atoms with Gasteiger partial charge in [-0.1, -0.05) is 73.7 Å². The van der Waals surface area contributed by atoms with E-state index >= 15 is 0 Å². The van der Waals surface area contributed by atoms with Gasteiger partial charge in [-0.3, -0.25) is 14.4 Å². The van der Waals surface area contributed by atoms with Crippen LogP contribution in [0.1, 0.15) is 80.8 Å². The van der Waals surface area contributed by atoms with Crippen LogP contribution in [-0.2, 0) is 61.8 Å². The number of amides is 5. The van der Waals surface area contributed by atoms with Crippen molar-refractivity contribution in [2.24, 2.45) is 5.41 Å². The topological polar surface area (TPSA) is 150 Å². The molecule has 3 aromatic carbocycles. The van der Waals surface area contributed by atoms with Crippen molar-refractivity contribution in [3.8, 4) is 0 Å². The normalized spacial score (nSPS) is 18.2. The van der Waals surface area contributed by atoms with E-state index in [9.17, 15) is 24.0 Å². The number of likely N-dealkylation sites (tertiary alicyclic amines) is 1. The molecule has 1 aliphatic carbocycles. The molecule has 4 aromatic rings. The first kappa shape index (κ1) is 41.9. The summed E-state index contributed by atoms with van der Waals surface area (Å²) in [5.41, 5.74) is 3.59. The number of nitrogens with zero attached hydrogens (tertiary/aromatic N) is 4. The Labute approximate surface area is 351 Å². The highest BCUT2D eigenvalue weighted by Crippen LogP contribution is 2.47. The van der Waals surface area contributed by atoms with E-state index in [2.05, 4.69) is 15.6 Å². The van der Waals surface area contributed by atoms with Crippen molar-refractivity contribution in [2.75, 3.05) is 30.8 Å². The second-order valence-electron chi connectivity index (χ2n) is 17.6. The van der Waals surface area contributed by atoms with Crippen LogP contribution < -0.4 is 10.6 Å². The molecule has 5 amide bonds.